The molecule has 22 heavy (non-hydrogen) atoms. The number of halogens is 10. The average Bonchev–Trinajstić information content (AvgIpc) is 2.50. The SMILES string of the molecule is Fc1c(F)c(F)c(-c2c(F)c(F)c(F)c(F)c2Br)c(F)c1F. The standard InChI is InChI=1S/C12BrF9/c13-3-1(4(14)8(18)11(21)7(3)17)2-5(15)9(19)12(22)10(20)6(2)16. The second kappa shape index (κ2) is 5.49. The Hall–Kier alpha value is -1.71. The number of benzene rings is 2. The highest BCUT2D eigenvalue weighted by molar-refractivity contribution is 9.10. The van der Waals surface area contributed by atoms with Gasteiger partial charge in [-0.05, 0) is 15.9 Å². The van der Waals surface area contributed by atoms with Crippen LogP contribution < -0.4 is 0 Å². The zero-order chi connectivity index (χ0) is 16.9. The highest BCUT2D eigenvalue weighted by atomic mass is 79.9. The van der Waals surface area contributed by atoms with E-state index in [2.05, 4.69) is 15.9 Å². The predicted molar refractivity (Wildman–Crippen MR) is 59.2 cm³/mol. The summed E-state index contributed by atoms with van der Waals surface area (Å²) in [6, 6.07) is 0. The van der Waals surface area contributed by atoms with Gasteiger partial charge in [0.2, 0.25) is 5.82 Å². The second-order valence-corrected chi connectivity index (χ2v) is 4.68. The lowest BCUT2D eigenvalue weighted by Crippen LogP contribution is -2.08. The molecule has 0 unspecified atom stereocenters. The smallest absolute Gasteiger partial charge is 0.200 e. The Morgan fingerprint density at radius 1 is 0.364 bits per heavy atom. The van der Waals surface area contributed by atoms with E-state index >= 15 is 0 Å². The fraction of sp³-hybridized carbons (Fsp3) is 0. The molecule has 0 heterocycles. The van der Waals surface area contributed by atoms with Crippen molar-refractivity contribution in [2.75, 3.05) is 0 Å². The minimum absolute atomic E-state index is 1.34. The minimum Gasteiger partial charge on any atom is -0.203 e. The van der Waals surface area contributed by atoms with Gasteiger partial charge in [0.15, 0.2) is 46.5 Å². The largest absolute Gasteiger partial charge is 0.203 e. The molecule has 0 saturated heterocycles. The van der Waals surface area contributed by atoms with E-state index in [1.165, 1.54) is 0 Å². The number of rotatable bonds is 1. The molecule has 0 atom stereocenters. The van der Waals surface area contributed by atoms with Gasteiger partial charge in [-0.25, -0.2) is 39.5 Å². The topological polar surface area (TPSA) is 0 Å². The summed E-state index contributed by atoms with van der Waals surface area (Å²) in [5.41, 5.74) is -3.61. The maximum atomic E-state index is 13.6. The van der Waals surface area contributed by atoms with E-state index in [0.717, 1.165) is 0 Å². The molecule has 0 amide bonds. The summed E-state index contributed by atoms with van der Waals surface area (Å²) in [6.45, 7) is 0. The third kappa shape index (κ3) is 2.16. The fourth-order valence-electron chi connectivity index (χ4n) is 1.65. The summed E-state index contributed by atoms with van der Waals surface area (Å²) in [6.07, 6.45) is 0. The molecule has 118 valence electrons. The van der Waals surface area contributed by atoms with E-state index < -0.39 is 68.0 Å². The minimum atomic E-state index is -2.54. The first-order valence-corrected chi connectivity index (χ1v) is 5.93. The zero-order valence-corrected chi connectivity index (χ0v) is 11.4. The van der Waals surface area contributed by atoms with Crippen LogP contribution in [-0.4, -0.2) is 0 Å². The molecule has 0 aliphatic rings. The van der Waals surface area contributed by atoms with Crippen LogP contribution >= 0.6 is 15.9 Å². The van der Waals surface area contributed by atoms with Crippen molar-refractivity contribution < 1.29 is 39.5 Å². The molecule has 0 nitrogen and oxygen atoms in total. The summed E-state index contributed by atoms with van der Waals surface area (Å²) in [4.78, 5) is 0. The first-order chi connectivity index (χ1) is 10.1. The molecule has 0 radical (unpaired) electrons. The highest BCUT2D eigenvalue weighted by Crippen LogP contribution is 2.40. The molecular weight excluding hydrogens is 395 g/mol. The van der Waals surface area contributed by atoms with Gasteiger partial charge in [0.1, 0.15) is 0 Å². The van der Waals surface area contributed by atoms with E-state index in [0.29, 0.717) is 0 Å². The van der Waals surface area contributed by atoms with Gasteiger partial charge < -0.3 is 0 Å². The lowest BCUT2D eigenvalue weighted by molar-refractivity contribution is 0.379. The van der Waals surface area contributed by atoms with Crippen LogP contribution in [0.4, 0.5) is 39.5 Å². The van der Waals surface area contributed by atoms with E-state index in [1.807, 2.05) is 0 Å². The molecule has 0 N–H and O–H groups in total. The van der Waals surface area contributed by atoms with Crippen LogP contribution in [-0.2, 0) is 0 Å². The lowest BCUT2D eigenvalue weighted by atomic mass is 10.0. The third-order valence-electron chi connectivity index (χ3n) is 2.67. The molecule has 0 fully saturated rings. The van der Waals surface area contributed by atoms with Crippen LogP contribution in [0, 0.1) is 52.4 Å². The lowest BCUT2D eigenvalue weighted by Gasteiger charge is -2.12. The average molecular weight is 395 g/mol. The Morgan fingerprint density at radius 2 is 0.636 bits per heavy atom. The molecule has 2 aromatic rings. The summed E-state index contributed by atoms with van der Waals surface area (Å²) in [7, 11) is 0. The van der Waals surface area contributed by atoms with Gasteiger partial charge in [0.05, 0.1) is 10.0 Å². The Kier molecular flexibility index (Phi) is 4.16. The van der Waals surface area contributed by atoms with Crippen LogP contribution in [0.5, 0.6) is 0 Å². The highest BCUT2D eigenvalue weighted by Gasteiger charge is 2.33. The molecule has 0 spiro atoms. The first kappa shape index (κ1) is 16.7. The summed E-state index contributed by atoms with van der Waals surface area (Å²) >= 11 is 2.20. The van der Waals surface area contributed by atoms with Gasteiger partial charge in [-0.15, -0.1) is 0 Å². The molecule has 0 saturated carbocycles. The maximum absolute atomic E-state index is 13.6. The molecule has 2 aromatic carbocycles. The molecular formula is C12BrF9. The van der Waals surface area contributed by atoms with E-state index in [-0.39, 0.29) is 0 Å². The summed E-state index contributed by atoms with van der Waals surface area (Å²) < 4.78 is 118. The van der Waals surface area contributed by atoms with Crippen LogP contribution in [0.2, 0.25) is 0 Å². The quantitative estimate of drug-likeness (QED) is 0.346. The van der Waals surface area contributed by atoms with Gasteiger partial charge in [0.25, 0.3) is 0 Å². The third-order valence-corrected chi connectivity index (χ3v) is 3.41. The fourth-order valence-corrected chi connectivity index (χ4v) is 2.20. The maximum Gasteiger partial charge on any atom is 0.200 e. The molecule has 0 bridgehead atoms. The van der Waals surface area contributed by atoms with Crippen LogP contribution in [0.15, 0.2) is 4.47 Å². The van der Waals surface area contributed by atoms with Crippen molar-refractivity contribution in [2.24, 2.45) is 0 Å². The van der Waals surface area contributed by atoms with E-state index in [1.54, 1.807) is 0 Å². The van der Waals surface area contributed by atoms with Crippen LogP contribution in [0.25, 0.3) is 11.1 Å². The summed E-state index contributed by atoms with van der Waals surface area (Å²) in [5, 5.41) is 0. The Balaban J connectivity index is 3.03. The Morgan fingerprint density at radius 3 is 1.05 bits per heavy atom. The normalized spacial score (nSPS) is 11.2. The first-order valence-electron chi connectivity index (χ1n) is 5.14. The Labute approximate surface area is 124 Å². The molecule has 0 aliphatic heterocycles. The zero-order valence-electron chi connectivity index (χ0n) is 9.78. The molecule has 0 aromatic heterocycles. The van der Waals surface area contributed by atoms with Gasteiger partial charge >= 0.3 is 0 Å². The van der Waals surface area contributed by atoms with Crippen molar-refractivity contribution in [3.8, 4) is 11.1 Å². The van der Waals surface area contributed by atoms with Crippen LogP contribution in [0.3, 0.4) is 0 Å². The van der Waals surface area contributed by atoms with Crippen molar-refractivity contribution in [3.05, 3.63) is 56.8 Å². The molecule has 0 aliphatic carbocycles. The summed E-state index contributed by atoms with van der Waals surface area (Å²) in [5.74, 6) is -21.7. The van der Waals surface area contributed by atoms with Gasteiger partial charge in [-0.3, -0.25) is 0 Å². The van der Waals surface area contributed by atoms with E-state index in [4.69, 9.17) is 0 Å². The van der Waals surface area contributed by atoms with Gasteiger partial charge in [-0.2, -0.15) is 0 Å². The van der Waals surface area contributed by atoms with Crippen LogP contribution in [0.1, 0.15) is 0 Å². The molecule has 10 heteroatoms. The number of hydrogen-bond acceptors (Lipinski definition) is 0. The Bertz CT molecular complexity index is 675. The monoisotopic (exact) mass is 394 g/mol. The van der Waals surface area contributed by atoms with Crippen molar-refractivity contribution in [1.29, 1.82) is 0 Å². The van der Waals surface area contributed by atoms with Crippen molar-refractivity contribution in [2.45, 2.75) is 0 Å². The predicted octanol–water partition coefficient (Wildman–Crippen LogP) is 5.37. The van der Waals surface area contributed by atoms with Crippen molar-refractivity contribution in [1.82, 2.24) is 0 Å². The second-order valence-electron chi connectivity index (χ2n) is 3.89. The van der Waals surface area contributed by atoms with Crippen molar-refractivity contribution >= 4 is 15.9 Å². The molecule has 2 rings (SSSR count). The number of hydrogen-bond donors (Lipinski definition) is 0. The van der Waals surface area contributed by atoms with Gasteiger partial charge in [0, 0.05) is 5.56 Å². The van der Waals surface area contributed by atoms with Crippen molar-refractivity contribution in [3.63, 3.8) is 0 Å². The van der Waals surface area contributed by atoms with Gasteiger partial charge in [-0.1, -0.05) is 0 Å². The van der Waals surface area contributed by atoms with E-state index in [9.17, 15) is 39.5 Å².